The van der Waals surface area contributed by atoms with Crippen LogP contribution in [0.25, 0.3) is 0 Å². The van der Waals surface area contributed by atoms with Crippen LogP contribution in [0.15, 0.2) is 41.5 Å². The summed E-state index contributed by atoms with van der Waals surface area (Å²) in [5.74, 6) is -0.378. The smallest absolute Gasteiger partial charge is 0.261 e. The Morgan fingerprint density at radius 2 is 1.76 bits per heavy atom. The van der Waals surface area contributed by atoms with Crippen molar-refractivity contribution in [2.45, 2.75) is 38.1 Å². The number of carbonyl (C=O) groups excluding carboxylic acids is 3. The average Bonchev–Trinajstić information content (AvgIpc) is 3.53. The molecular weight excluding hydrogens is 372 g/mol. The topological polar surface area (TPSA) is 101 Å². The lowest BCUT2D eigenvalue weighted by Gasteiger charge is -2.13. The van der Waals surface area contributed by atoms with E-state index in [1.54, 1.807) is 30.3 Å². The first-order valence-electron chi connectivity index (χ1n) is 9.83. The maximum absolute atomic E-state index is 12.3. The van der Waals surface area contributed by atoms with Crippen molar-refractivity contribution in [2.75, 3.05) is 13.1 Å². The summed E-state index contributed by atoms with van der Waals surface area (Å²) in [7, 11) is 0. The molecule has 1 aromatic carbocycles. The molecule has 2 aromatic rings. The van der Waals surface area contributed by atoms with Crippen LogP contribution in [0.4, 0.5) is 0 Å². The van der Waals surface area contributed by atoms with E-state index < -0.39 is 0 Å². The van der Waals surface area contributed by atoms with Crippen molar-refractivity contribution in [1.29, 1.82) is 0 Å². The van der Waals surface area contributed by atoms with E-state index in [-0.39, 0.29) is 36.2 Å². The third-order valence-electron chi connectivity index (χ3n) is 5.23. The summed E-state index contributed by atoms with van der Waals surface area (Å²) < 4.78 is 1.48. The third kappa shape index (κ3) is 4.11. The fourth-order valence-corrected chi connectivity index (χ4v) is 3.45. The largest absolute Gasteiger partial charge is 0.354 e. The zero-order valence-corrected chi connectivity index (χ0v) is 16.0. The SMILES string of the molecule is O=C(CCCN1C(=O)c2ccccc2C1=O)NCCn1cnc(C2CC2)cc1=O. The van der Waals surface area contributed by atoms with Gasteiger partial charge in [-0.15, -0.1) is 0 Å². The van der Waals surface area contributed by atoms with E-state index in [1.807, 2.05) is 0 Å². The van der Waals surface area contributed by atoms with Crippen molar-refractivity contribution in [3.63, 3.8) is 0 Å². The Balaban J connectivity index is 1.20. The number of aromatic nitrogens is 2. The zero-order valence-electron chi connectivity index (χ0n) is 16.0. The molecule has 1 aliphatic carbocycles. The minimum Gasteiger partial charge on any atom is -0.354 e. The Morgan fingerprint density at radius 3 is 2.38 bits per heavy atom. The second-order valence-electron chi connectivity index (χ2n) is 7.38. The van der Waals surface area contributed by atoms with E-state index in [4.69, 9.17) is 0 Å². The van der Waals surface area contributed by atoms with Gasteiger partial charge in [0.25, 0.3) is 17.4 Å². The van der Waals surface area contributed by atoms with Crippen molar-refractivity contribution in [2.24, 2.45) is 0 Å². The molecule has 3 amide bonds. The molecule has 0 spiro atoms. The molecule has 1 N–H and O–H groups in total. The van der Waals surface area contributed by atoms with Gasteiger partial charge in [-0.05, 0) is 31.4 Å². The Hall–Kier alpha value is -3.29. The molecular formula is C21H22N4O4. The molecule has 8 nitrogen and oxygen atoms in total. The minimum absolute atomic E-state index is 0.109. The van der Waals surface area contributed by atoms with Gasteiger partial charge in [-0.2, -0.15) is 0 Å². The van der Waals surface area contributed by atoms with Gasteiger partial charge in [-0.25, -0.2) is 4.98 Å². The van der Waals surface area contributed by atoms with Crippen LogP contribution < -0.4 is 10.9 Å². The van der Waals surface area contributed by atoms with E-state index in [0.29, 0.717) is 36.6 Å². The molecule has 4 rings (SSSR count). The number of carbonyl (C=O) groups is 3. The van der Waals surface area contributed by atoms with Crippen LogP contribution >= 0.6 is 0 Å². The summed E-state index contributed by atoms with van der Waals surface area (Å²) in [6.07, 6.45) is 4.29. The molecule has 2 heterocycles. The predicted molar refractivity (Wildman–Crippen MR) is 105 cm³/mol. The zero-order chi connectivity index (χ0) is 20.4. The minimum atomic E-state index is -0.312. The highest BCUT2D eigenvalue weighted by atomic mass is 16.2. The summed E-state index contributed by atoms with van der Waals surface area (Å²) in [5, 5.41) is 2.76. The van der Waals surface area contributed by atoms with Crippen molar-refractivity contribution >= 4 is 17.7 Å². The number of hydrogen-bond donors (Lipinski definition) is 1. The predicted octanol–water partition coefficient (Wildman–Crippen LogP) is 1.31. The van der Waals surface area contributed by atoms with E-state index in [1.165, 1.54) is 15.8 Å². The van der Waals surface area contributed by atoms with Crippen LogP contribution in [0.3, 0.4) is 0 Å². The van der Waals surface area contributed by atoms with Gasteiger partial charge < -0.3 is 5.32 Å². The van der Waals surface area contributed by atoms with Gasteiger partial charge in [0.1, 0.15) is 0 Å². The number of amides is 3. The molecule has 1 fully saturated rings. The van der Waals surface area contributed by atoms with Crippen LogP contribution in [-0.2, 0) is 11.3 Å². The van der Waals surface area contributed by atoms with Crippen LogP contribution in [0.2, 0.25) is 0 Å². The molecule has 1 saturated carbocycles. The van der Waals surface area contributed by atoms with E-state index in [2.05, 4.69) is 10.3 Å². The molecule has 2 aliphatic rings. The second kappa shape index (κ2) is 7.98. The van der Waals surface area contributed by atoms with Crippen molar-refractivity contribution in [3.8, 4) is 0 Å². The van der Waals surface area contributed by atoms with E-state index in [0.717, 1.165) is 18.5 Å². The highest BCUT2D eigenvalue weighted by molar-refractivity contribution is 6.21. The summed E-state index contributed by atoms with van der Waals surface area (Å²) in [6.45, 7) is 0.864. The lowest BCUT2D eigenvalue weighted by molar-refractivity contribution is -0.121. The number of fused-ring (bicyclic) bond motifs is 1. The van der Waals surface area contributed by atoms with Crippen molar-refractivity contribution < 1.29 is 14.4 Å². The second-order valence-corrected chi connectivity index (χ2v) is 7.38. The van der Waals surface area contributed by atoms with Gasteiger partial charge in [0.05, 0.1) is 23.1 Å². The fourth-order valence-electron chi connectivity index (χ4n) is 3.45. The monoisotopic (exact) mass is 394 g/mol. The van der Waals surface area contributed by atoms with Crippen molar-refractivity contribution in [3.05, 3.63) is 63.8 Å². The molecule has 0 atom stereocenters. The molecule has 1 aromatic heterocycles. The van der Waals surface area contributed by atoms with Crippen LogP contribution in [0.5, 0.6) is 0 Å². The molecule has 150 valence electrons. The number of nitrogens with zero attached hydrogens (tertiary/aromatic N) is 3. The Morgan fingerprint density at radius 1 is 1.07 bits per heavy atom. The summed E-state index contributed by atoms with van der Waals surface area (Å²) in [5.41, 5.74) is 1.56. The number of benzene rings is 1. The highest BCUT2D eigenvalue weighted by Crippen LogP contribution is 2.38. The molecule has 8 heteroatoms. The quantitative estimate of drug-likeness (QED) is 0.681. The Labute approximate surface area is 167 Å². The maximum atomic E-state index is 12.3. The average molecular weight is 394 g/mol. The number of hydrogen-bond acceptors (Lipinski definition) is 5. The fraction of sp³-hybridized carbons (Fsp3) is 0.381. The van der Waals surface area contributed by atoms with Crippen molar-refractivity contribution in [1.82, 2.24) is 19.8 Å². The standard InChI is InChI=1S/C21H22N4O4/c26-18(22-9-11-24-13-23-17(12-19(24)27)14-7-8-14)6-3-10-25-20(28)15-4-1-2-5-16(15)21(25)29/h1-2,4-5,12-14H,3,6-11H2,(H,22,26). The van der Waals surface area contributed by atoms with Gasteiger partial charge in [0.15, 0.2) is 0 Å². The van der Waals surface area contributed by atoms with Crippen LogP contribution in [0, 0.1) is 0 Å². The van der Waals surface area contributed by atoms with Gasteiger partial charge in [-0.3, -0.25) is 28.6 Å². The molecule has 0 bridgehead atoms. The number of rotatable bonds is 8. The van der Waals surface area contributed by atoms with Crippen LogP contribution in [0.1, 0.15) is 58.0 Å². The first kappa shape index (κ1) is 19.0. The molecule has 29 heavy (non-hydrogen) atoms. The normalized spacial score (nSPS) is 15.5. The molecule has 0 saturated heterocycles. The summed E-state index contributed by atoms with van der Waals surface area (Å²) in [4.78, 5) is 54.1. The Bertz CT molecular complexity index is 990. The summed E-state index contributed by atoms with van der Waals surface area (Å²) >= 11 is 0. The van der Waals surface area contributed by atoms with Gasteiger partial charge >= 0.3 is 0 Å². The first-order chi connectivity index (χ1) is 14.0. The number of nitrogens with one attached hydrogen (secondary N) is 1. The summed E-state index contributed by atoms with van der Waals surface area (Å²) in [6, 6.07) is 8.29. The van der Waals surface area contributed by atoms with Gasteiger partial charge in [0, 0.05) is 38.0 Å². The van der Waals surface area contributed by atoms with E-state index >= 15 is 0 Å². The maximum Gasteiger partial charge on any atom is 0.261 e. The highest BCUT2D eigenvalue weighted by Gasteiger charge is 2.34. The molecule has 1 aliphatic heterocycles. The lowest BCUT2D eigenvalue weighted by Crippen LogP contribution is -2.33. The number of imide groups is 1. The van der Waals surface area contributed by atoms with Crippen LogP contribution in [-0.4, -0.2) is 45.3 Å². The lowest BCUT2D eigenvalue weighted by atomic mass is 10.1. The van der Waals surface area contributed by atoms with E-state index in [9.17, 15) is 19.2 Å². The van der Waals surface area contributed by atoms with Gasteiger partial charge in [-0.1, -0.05) is 12.1 Å². The first-order valence-corrected chi connectivity index (χ1v) is 9.83. The molecule has 0 unspecified atom stereocenters. The van der Waals surface area contributed by atoms with Gasteiger partial charge in [0.2, 0.25) is 5.91 Å². The Kier molecular flexibility index (Phi) is 5.24. The molecule has 0 radical (unpaired) electrons. The third-order valence-corrected chi connectivity index (χ3v) is 5.23.